The number of hydrogen-bond acceptors (Lipinski definition) is 5. The zero-order chi connectivity index (χ0) is 27.4. The van der Waals surface area contributed by atoms with Gasteiger partial charge in [0.05, 0.1) is 17.0 Å². The average molecular weight is 559 g/mol. The van der Waals surface area contributed by atoms with Crippen molar-refractivity contribution in [3.63, 3.8) is 0 Å². The molecule has 5 rings (SSSR count). The van der Waals surface area contributed by atoms with Gasteiger partial charge in [-0.3, -0.25) is 24.5 Å². The number of benzene rings is 4. The molecule has 1 unspecified atom stereocenters. The van der Waals surface area contributed by atoms with Crippen LogP contribution in [0, 0.1) is 5.92 Å². The number of imide groups is 1. The number of hydroxylamine groups is 1. The van der Waals surface area contributed by atoms with Crippen LogP contribution >= 0.6 is 23.4 Å². The van der Waals surface area contributed by atoms with E-state index in [1.165, 1.54) is 10.5 Å². The Hall–Kier alpha value is -3.65. The maximum atomic E-state index is 13.0. The van der Waals surface area contributed by atoms with Crippen LogP contribution in [0.3, 0.4) is 0 Å². The van der Waals surface area contributed by atoms with E-state index >= 15 is 0 Å². The maximum absolute atomic E-state index is 13.0. The fourth-order valence-corrected chi connectivity index (χ4v) is 6.04. The fourth-order valence-electron chi connectivity index (χ4n) is 4.77. The lowest BCUT2D eigenvalue weighted by atomic mass is 10.0. The van der Waals surface area contributed by atoms with E-state index < -0.39 is 11.8 Å². The maximum Gasteiger partial charge on any atom is 0.261 e. The largest absolute Gasteiger partial charge is 0.289 e. The molecule has 0 fully saturated rings. The molecule has 4 aromatic carbocycles. The van der Waals surface area contributed by atoms with E-state index in [1.54, 1.807) is 29.4 Å². The Morgan fingerprint density at radius 2 is 1.44 bits per heavy atom. The number of carbonyl (C=O) groups is 3. The first-order valence-electron chi connectivity index (χ1n) is 12.7. The van der Waals surface area contributed by atoms with Crippen LogP contribution in [0.1, 0.15) is 32.7 Å². The number of hydrogen-bond donors (Lipinski definition) is 2. The molecular formula is C31H27ClN2O4S. The number of nitrogens with one attached hydrogen (secondary N) is 1. The Kier molecular flexibility index (Phi) is 8.31. The van der Waals surface area contributed by atoms with Crippen LogP contribution in [-0.4, -0.2) is 45.9 Å². The van der Waals surface area contributed by atoms with Gasteiger partial charge < -0.3 is 0 Å². The molecule has 0 bridgehead atoms. The molecule has 8 heteroatoms. The molecule has 0 saturated heterocycles. The number of amides is 3. The van der Waals surface area contributed by atoms with Gasteiger partial charge in [0.1, 0.15) is 0 Å². The lowest BCUT2D eigenvalue weighted by Gasteiger charge is -2.19. The summed E-state index contributed by atoms with van der Waals surface area (Å²) >= 11 is 7.58. The Bertz CT molecular complexity index is 1470. The minimum Gasteiger partial charge on any atom is -0.289 e. The number of aryl methyl sites for hydroxylation is 1. The standard InChI is InChI=1S/C31H27ClN2O4S/c32-26-11-9-22(10-12-26)21-7-5-20(6-8-21)14-16-39-19-25(29(35)33-38)13-15-34-30(36)27-17-23-3-1-2-4-24(23)18-28(27)31(34)37/h1-12,17-18,25,38H,13-16,19H2,(H,33,35). The quantitative estimate of drug-likeness (QED) is 0.104. The highest BCUT2D eigenvalue weighted by Crippen LogP contribution is 2.29. The summed E-state index contributed by atoms with van der Waals surface area (Å²) in [7, 11) is 0. The summed E-state index contributed by atoms with van der Waals surface area (Å²) in [5, 5.41) is 11.8. The van der Waals surface area contributed by atoms with Crippen molar-refractivity contribution in [3.05, 3.63) is 107 Å². The Labute approximate surface area is 235 Å². The Morgan fingerprint density at radius 3 is 2.00 bits per heavy atom. The van der Waals surface area contributed by atoms with Crippen molar-refractivity contribution in [1.29, 1.82) is 0 Å². The molecule has 0 aliphatic carbocycles. The van der Waals surface area contributed by atoms with Crippen LogP contribution in [0.15, 0.2) is 84.9 Å². The molecular weight excluding hydrogens is 532 g/mol. The summed E-state index contributed by atoms with van der Waals surface area (Å²) in [6.45, 7) is 0.105. The molecule has 1 heterocycles. The fraction of sp³-hybridized carbons (Fsp3) is 0.194. The second kappa shape index (κ2) is 12.0. The SMILES string of the molecule is O=C(NO)C(CCN1C(=O)c2cc3ccccc3cc2C1=O)CSCCc1ccc(-c2ccc(Cl)cc2)cc1. The molecule has 0 radical (unpaired) electrons. The van der Waals surface area contributed by atoms with E-state index in [1.807, 2.05) is 48.5 Å². The predicted octanol–water partition coefficient (Wildman–Crippen LogP) is 6.24. The summed E-state index contributed by atoms with van der Waals surface area (Å²) < 4.78 is 0. The van der Waals surface area contributed by atoms with Crippen LogP contribution in [0.25, 0.3) is 21.9 Å². The molecule has 2 N–H and O–H groups in total. The van der Waals surface area contributed by atoms with Gasteiger partial charge in [0.15, 0.2) is 0 Å². The van der Waals surface area contributed by atoms with Crippen LogP contribution in [-0.2, 0) is 11.2 Å². The van der Waals surface area contributed by atoms with Gasteiger partial charge in [0.25, 0.3) is 11.8 Å². The van der Waals surface area contributed by atoms with Gasteiger partial charge in [-0.25, -0.2) is 5.48 Å². The van der Waals surface area contributed by atoms with Crippen molar-refractivity contribution < 1.29 is 19.6 Å². The van der Waals surface area contributed by atoms with E-state index in [0.29, 0.717) is 21.9 Å². The molecule has 4 aromatic rings. The van der Waals surface area contributed by atoms with E-state index in [2.05, 4.69) is 24.3 Å². The number of fused-ring (bicyclic) bond motifs is 2. The summed E-state index contributed by atoms with van der Waals surface area (Å²) in [5.41, 5.74) is 5.91. The Morgan fingerprint density at radius 1 is 0.872 bits per heavy atom. The van der Waals surface area contributed by atoms with Gasteiger partial charge in [-0.15, -0.1) is 0 Å². The normalized spacial score (nSPS) is 13.5. The minimum atomic E-state index is -0.546. The van der Waals surface area contributed by atoms with Crippen molar-refractivity contribution in [1.82, 2.24) is 10.4 Å². The number of carbonyl (C=O) groups excluding carboxylic acids is 3. The zero-order valence-electron chi connectivity index (χ0n) is 21.1. The van der Waals surface area contributed by atoms with Crippen molar-refractivity contribution >= 4 is 51.9 Å². The van der Waals surface area contributed by atoms with E-state index in [0.717, 1.165) is 34.1 Å². The monoisotopic (exact) mass is 558 g/mol. The second-order valence-corrected chi connectivity index (χ2v) is 11.1. The third kappa shape index (κ3) is 6.01. The van der Waals surface area contributed by atoms with Gasteiger partial charge in [-0.05, 0) is 70.3 Å². The van der Waals surface area contributed by atoms with Crippen LogP contribution < -0.4 is 5.48 Å². The molecule has 39 heavy (non-hydrogen) atoms. The van der Waals surface area contributed by atoms with Crippen molar-refractivity contribution in [2.45, 2.75) is 12.8 Å². The topological polar surface area (TPSA) is 86.7 Å². The smallest absolute Gasteiger partial charge is 0.261 e. The van der Waals surface area contributed by atoms with E-state index in [-0.39, 0.29) is 24.8 Å². The first-order chi connectivity index (χ1) is 18.9. The van der Waals surface area contributed by atoms with Gasteiger partial charge in [-0.2, -0.15) is 11.8 Å². The van der Waals surface area contributed by atoms with Crippen LogP contribution in [0.5, 0.6) is 0 Å². The lowest BCUT2D eigenvalue weighted by Crippen LogP contribution is -2.36. The molecule has 0 saturated carbocycles. The molecule has 198 valence electrons. The van der Waals surface area contributed by atoms with E-state index in [9.17, 15) is 19.6 Å². The van der Waals surface area contributed by atoms with Crippen molar-refractivity contribution in [2.75, 3.05) is 18.1 Å². The predicted molar refractivity (Wildman–Crippen MR) is 155 cm³/mol. The molecule has 0 aromatic heterocycles. The number of rotatable bonds is 10. The second-order valence-electron chi connectivity index (χ2n) is 9.50. The number of thioether (sulfide) groups is 1. The van der Waals surface area contributed by atoms with Gasteiger partial charge in [0.2, 0.25) is 5.91 Å². The lowest BCUT2D eigenvalue weighted by molar-refractivity contribution is -0.132. The highest BCUT2D eigenvalue weighted by atomic mass is 35.5. The molecule has 1 aliphatic heterocycles. The average Bonchev–Trinajstić information content (AvgIpc) is 3.19. The molecule has 0 spiro atoms. The first kappa shape index (κ1) is 26.9. The number of halogens is 1. The zero-order valence-corrected chi connectivity index (χ0v) is 22.7. The molecule has 3 amide bonds. The highest BCUT2D eigenvalue weighted by Gasteiger charge is 2.36. The van der Waals surface area contributed by atoms with Crippen molar-refractivity contribution in [3.8, 4) is 11.1 Å². The van der Waals surface area contributed by atoms with Crippen LogP contribution in [0.4, 0.5) is 0 Å². The third-order valence-electron chi connectivity index (χ3n) is 7.00. The minimum absolute atomic E-state index is 0.105. The summed E-state index contributed by atoms with van der Waals surface area (Å²) in [5.74, 6) is -0.512. The van der Waals surface area contributed by atoms with Crippen molar-refractivity contribution in [2.24, 2.45) is 5.92 Å². The molecule has 1 aliphatic rings. The summed E-state index contributed by atoms with van der Waals surface area (Å²) in [6.07, 6.45) is 1.09. The first-order valence-corrected chi connectivity index (χ1v) is 14.2. The van der Waals surface area contributed by atoms with E-state index in [4.69, 9.17) is 11.6 Å². The Balaban J connectivity index is 1.15. The summed E-state index contributed by atoms with van der Waals surface area (Å²) in [6, 6.07) is 27.2. The molecule has 6 nitrogen and oxygen atoms in total. The van der Waals surface area contributed by atoms with Gasteiger partial charge >= 0.3 is 0 Å². The van der Waals surface area contributed by atoms with Crippen LogP contribution in [0.2, 0.25) is 5.02 Å². The molecule has 1 atom stereocenters. The summed E-state index contributed by atoms with van der Waals surface area (Å²) in [4.78, 5) is 39.5. The third-order valence-corrected chi connectivity index (χ3v) is 8.39. The van der Waals surface area contributed by atoms with Gasteiger partial charge in [0, 0.05) is 17.3 Å². The van der Waals surface area contributed by atoms with Gasteiger partial charge in [-0.1, -0.05) is 72.3 Å². The highest BCUT2D eigenvalue weighted by molar-refractivity contribution is 7.99. The number of nitrogens with zero attached hydrogens (tertiary/aromatic N) is 1.